The fraction of sp³-hybridized carbons (Fsp3) is 0.304. The molecule has 2 aromatic rings. The summed E-state index contributed by atoms with van der Waals surface area (Å²) in [7, 11) is 0. The molecular weight excluding hydrogens is 420 g/mol. The zero-order chi connectivity index (χ0) is 22.6. The minimum atomic E-state index is -1.72. The fourth-order valence-electron chi connectivity index (χ4n) is 4.52. The molecule has 5 rings (SSSR count). The average molecular weight is 439 g/mol. The van der Waals surface area contributed by atoms with Crippen molar-refractivity contribution in [1.29, 1.82) is 0 Å². The van der Waals surface area contributed by atoms with Gasteiger partial charge in [-0.3, -0.25) is 24.5 Å². The summed E-state index contributed by atoms with van der Waals surface area (Å²) in [4.78, 5) is 51.9. The standard InChI is InChI=1S/C23H19F2N3O4/c24-16-4-2-15(3-5-16)23(25)11-27(12-23)21(31)13-1-6-17-14(9-13)10-28(22(17)32)18-7-8-19(29)26-20(18)30/h1-6,9,18H,7-8,10-12H2,(H,26,29,30). The largest absolute Gasteiger partial charge is 0.331 e. The number of fused-ring (bicyclic) bond motifs is 1. The molecule has 7 nitrogen and oxygen atoms in total. The van der Waals surface area contributed by atoms with E-state index in [0.717, 1.165) is 0 Å². The van der Waals surface area contributed by atoms with Crippen LogP contribution in [0.15, 0.2) is 42.5 Å². The quantitative estimate of drug-likeness (QED) is 0.741. The Bertz CT molecular complexity index is 1160. The third-order valence-corrected chi connectivity index (χ3v) is 6.30. The summed E-state index contributed by atoms with van der Waals surface area (Å²) in [5.74, 6) is -2.00. The van der Waals surface area contributed by atoms with Gasteiger partial charge in [0.25, 0.3) is 11.8 Å². The van der Waals surface area contributed by atoms with Crippen LogP contribution in [0.1, 0.15) is 44.7 Å². The van der Waals surface area contributed by atoms with E-state index in [-0.39, 0.29) is 50.2 Å². The number of alkyl halides is 1. The van der Waals surface area contributed by atoms with Gasteiger partial charge in [-0.05, 0) is 47.9 Å². The Morgan fingerprint density at radius 3 is 2.47 bits per heavy atom. The normalized spacial score (nSPS) is 21.8. The summed E-state index contributed by atoms with van der Waals surface area (Å²) in [5.41, 5.74) is -0.0686. The SMILES string of the molecule is O=C1CCC(N2Cc3cc(C(=O)N4CC(F)(c5ccc(F)cc5)C4)ccc3C2=O)C(=O)N1. The first-order valence-electron chi connectivity index (χ1n) is 10.3. The van der Waals surface area contributed by atoms with Gasteiger partial charge in [-0.15, -0.1) is 0 Å². The number of rotatable bonds is 3. The van der Waals surface area contributed by atoms with Crippen molar-refractivity contribution in [3.8, 4) is 0 Å². The van der Waals surface area contributed by atoms with Gasteiger partial charge in [0.15, 0.2) is 5.67 Å². The second kappa shape index (κ2) is 7.22. The molecule has 0 spiro atoms. The predicted molar refractivity (Wildman–Crippen MR) is 108 cm³/mol. The molecule has 0 bridgehead atoms. The van der Waals surface area contributed by atoms with E-state index in [9.17, 15) is 23.6 Å². The predicted octanol–water partition coefficient (Wildman–Crippen LogP) is 1.91. The molecule has 32 heavy (non-hydrogen) atoms. The smallest absolute Gasteiger partial charge is 0.255 e. The van der Waals surface area contributed by atoms with Crippen LogP contribution in [0, 0.1) is 5.82 Å². The van der Waals surface area contributed by atoms with Crippen molar-refractivity contribution in [1.82, 2.24) is 15.1 Å². The Kier molecular flexibility index (Phi) is 4.58. The number of nitrogens with one attached hydrogen (secondary N) is 1. The summed E-state index contributed by atoms with van der Waals surface area (Å²) in [6, 6.07) is 9.05. The first-order chi connectivity index (χ1) is 15.2. The van der Waals surface area contributed by atoms with Crippen molar-refractivity contribution < 1.29 is 28.0 Å². The van der Waals surface area contributed by atoms with E-state index in [1.54, 1.807) is 12.1 Å². The van der Waals surface area contributed by atoms with Gasteiger partial charge in [0.05, 0.1) is 13.1 Å². The van der Waals surface area contributed by atoms with E-state index in [1.165, 1.54) is 40.1 Å². The molecular formula is C23H19F2N3O4. The molecule has 0 aliphatic carbocycles. The van der Waals surface area contributed by atoms with Crippen molar-refractivity contribution >= 4 is 23.6 Å². The molecule has 2 saturated heterocycles. The molecule has 1 atom stereocenters. The van der Waals surface area contributed by atoms with Crippen molar-refractivity contribution in [2.75, 3.05) is 13.1 Å². The number of carbonyl (C=O) groups is 4. The molecule has 0 saturated carbocycles. The van der Waals surface area contributed by atoms with Gasteiger partial charge in [0.1, 0.15) is 11.9 Å². The van der Waals surface area contributed by atoms with E-state index in [1.807, 2.05) is 0 Å². The molecule has 3 aliphatic rings. The molecule has 9 heteroatoms. The summed E-state index contributed by atoms with van der Waals surface area (Å²) in [6.07, 6.45) is 0.417. The average Bonchev–Trinajstić information content (AvgIpc) is 3.07. The molecule has 2 aromatic carbocycles. The number of amides is 4. The first kappa shape index (κ1) is 20.3. The zero-order valence-electron chi connectivity index (χ0n) is 16.9. The Labute approximate surface area is 182 Å². The highest BCUT2D eigenvalue weighted by molar-refractivity contribution is 6.06. The maximum Gasteiger partial charge on any atom is 0.255 e. The Morgan fingerprint density at radius 1 is 1.06 bits per heavy atom. The highest BCUT2D eigenvalue weighted by atomic mass is 19.1. The summed E-state index contributed by atoms with van der Waals surface area (Å²) < 4.78 is 28.2. The van der Waals surface area contributed by atoms with Crippen LogP contribution in [0.3, 0.4) is 0 Å². The maximum absolute atomic E-state index is 15.1. The van der Waals surface area contributed by atoms with E-state index in [0.29, 0.717) is 22.3 Å². The Balaban J connectivity index is 1.29. The van der Waals surface area contributed by atoms with Crippen LogP contribution >= 0.6 is 0 Å². The van der Waals surface area contributed by atoms with Crippen LogP contribution in [0.2, 0.25) is 0 Å². The number of imide groups is 1. The molecule has 0 aromatic heterocycles. The summed E-state index contributed by atoms with van der Waals surface area (Å²) in [6.45, 7) is -0.129. The summed E-state index contributed by atoms with van der Waals surface area (Å²) >= 11 is 0. The molecule has 1 N–H and O–H groups in total. The number of piperidine rings is 1. The lowest BCUT2D eigenvalue weighted by molar-refractivity contribution is -0.136. The molecule has 2 fully saturated rings. The number of hydrogen-bond donors (Lipinski definition) is 1. The van der Waals surface area contributed by atoms with E-state index < -0.39 is 23.4 Å². The third-order valence-electron chi connectivity index (χ3n) is 6.30. The van der Waals surface area contributed by atoms with Crippen LogP contribution in [-0.4, -0.2) is 52.6 Å². The van der Waals surface area contributed by atoms with E-state index in [2.05, 4.69) is 5.32 Å². The lowest BCUT2D eigenvalue weighted by Gasteiger charge is -2.44. The van der Waals surface area contributed by atoms with Crippen LogP contribution in [-0.2, 0) is 21.8 Å². The number of benzene rings is 2. The highest BCUT2D eigenvalue weighted by Gasteiger charge is 2.47. The second-order valence-electron chi connectivity index (χ2n) is 8.41. The van der Waals surface area contributed by atoms with Gasteiger partial charge in [-0.25, -0.2) is 8.78 Å². The first-order valence-corrected chi connectivity index (χ1v) is 10.3. The van der Waals surface area contributed by atoms with Crippen molar-refractivity contribution in [3.05, 3.63) is 70.5 Å². The lowest BCUT2D eigenvalue weighted by atomic mass is 9.87. The van der Waals surface area contributed by atoms with Gasteiger partial charge < -0.3 is 9.80 Å². The molecule has 4 amide bonds. The molecule has 3 aliphatic heterocycles. The zero-order valence-corrected chi connectivity index (χ0v) is 16.9. The van der Waals surface area contributed by atoms with E-state index >= 15 is 4.39 Å². The van der Waals surface area contributed by atoms with Gasteiger partial charge in [-0.1, -0.05) is 12.1 Å². The number of hydrogen-bond acceptors (Lipinski definition) is 4. The topological polar surface area (TPSA) is 86.8 Å². The molecule has 164 valence electrons. The van der Waals surface area contributed by atoms with Gasteiger partial charge in [-0.2, -0.15) is 0 Å². The summed E-state index contributed by atoms with van der Waals surface area (Å²) in [5, 5.41) is 2.25. The Morgan fingerprint density at radius 2 is 1.78 bits per heavy atom. The van der Waals surface area contributed by atoms with E-state index in [4.69, 9.17) is 0 Å². The van der Waals surface area contributed by atoms with Crippen molar-refractivity contribution in [2.24, 2.45) is 0 Å². The van der Waals surface area contributed by atoms with Crippen LogP contribution < -0.4 is 5.32 Å². The van der Waals surface area contributed by atoms with Gasteiger partial charge >= 0.3 is 0 Å². The van der Waals surface area contributed by atoms with Crippen LogP contribution in [0.4, 0.5) is 8.78 Å². The second-order valence-corrected chi connectivity index (χ2v) is 8.41. The third kappa shape index (κ3) is 3.24. The van der Waals surface area contributed by atoms with Crippen LogP contribution in [0.5, 0.6) is 0 Å². The number of carbonyl (C=O) groups excluding carboxylic acids is 4. The van der Waals surface area contributed by atoms with Gasteiger partial charge in [0.2, 0.25) is 11.8 Å². The minimum Gasteiger partial charge on any atom is -0.331 e. The fourth-order valence-corrected chi connectivity index (χ4v) is 4.52. The number of likely N-dealkylation sites (tertiary alicyclic amines) is 1. The van der Waals surface area contributed by atoms with Crippen molar-refractivity contribution in [3.63, 3.8) is 0 Å². The molecule has 0 radical (unpaired) electrons. The number of nitrogens with zero attached hydrogens (tertiary/aromatic N) is 2. The van der Waals surface area contributed by atoms with Gasteiger partial charge in [0, 0.05) is 24.1 Å². The Hall–Kier alpha value is -3.62. The number of halogens is 2. The maximum atomic E-state index is 15.1. The van der Waals surface area contributed by atoms with Crippen LogP contribution in [0.25, 0.3) is 0 Å². The lowest BCUT2D eigenvalue weighted by Crippen LogP contribution is -2.58. The molecule has 3 heterocycles. The highest BCUT2D eigenvalue weighted by Crippen LogP contribution is 2.37. The minimum absolute atomic E-state index is 0.143. The molecule has 1 unspecified atom stereocenters. The monoisotopic (exact) mass is 439 g/mol. The van der Waals surface area contributed by atoms with Crippen molar-refractivity contribution in [2.45, 2.75) is 31.1 Å².